The zero-order chi connectivity index (χ0) is 8.97. The molecular formula is C10H12O2. The third-order valence-electron chi connectivity index (χ3n) is 1.55. The Bertz CT molecular complexity index is 279. The summed E-state index contributed by atoms with van der Waals surface area (Å²) in [5.41, 5.74) is 0.711. The van der Waals surface area contributed by atoms with Gasteiger partial charge in [-0.2, -0.15) is 0 Å². The summed E-state index contributed by atoms with van der Waals surface area (Å²) in [6.45, 7) is 4.21. The Morgan fingerprint density at radius 2 is 1.92 bits per heavy atom. The summed E-state index contributed by atoms with van der Waals surface area (Å²) >= 11 is 0. The molecule has 0 aromatic heterocycles. The molecule has 0 amide bonds. The maximum Gasteiger partial charge on any atom is 0.203 e. The van der Waals surface area contributed by atoms with Crippen molar-refractivity contribution in [3.63, 3.8) is 0 Å². The van der Waals surface area contributed by atoms with Crippen LogP contribution in [0, 0.1) is 0 Å². The molecule has 0 radical (unpaired) electrons. The van der Waals surface area contributed by atoms with E-state index >= 15 is 0 Å². The second kappa shape index (κ2) is 3.90. The highest BCUT2D eigenvalue weighted by atomic mass is 16.5. The molecule has 0 saturated carbocycles. The summed E-state index contributed by atoms with van der Waals surface area (Å²) in [7, 11) is 0. The molecule has 0 atom stereocenters. The van der Waals surface area contributed by atoms with Crippen molar-refractivity contribution in [2.24, 2.45) is 0 Å². The van der Waals surface area contributed by atoms with Crippen molar-refractivity contribution in [2.75, 3.05) is 6.61 Å². The minimum atomic E-state index is 0.0793. The van der Waals surface area contributed by atoms with Crippen LogP contribution in [0.5, 0.6) is 5.75 Å². The average Bonchev–Trinajstić information content (AvgIpc) is 2.53. The van der Waals surface area contributed by atoms with E-state index in [-0.39, 0.29) is 12.4 Å². The first-order valence-corrected chi connectivity index (χ1v) is 4.13. The average molecular weight is 164 g/mol. The van der Waals surface area contributed by atoms with E-state index in [9.17, 15) is 4.79 Å². The Hall–Kier alpha value is -1.31. The van der Waals surface area contributed by atoms with Crippen LogP contribution in [0.4, 0.5) is 0 Å². The highest BCUT2D eigenvalue weighted by Gasteiger charge is 2.18. The SMILES string of the molecule is CC.O=C1COc2ccccc21. The van der Waals surface area contributed by atoms with Crippen molar-refractivity contribution < 1.29 is 9.53 Å². The van der Waals surface area contributed by atoms with E-state index in [0.29, 0.717) is 11.3 Å². The standard InChI is InChI=1S/C8H6O2.C2H6/c9-7-5-10-8-4-2-1-3-6(7)8;1-2/h1-4H,5H2;1-2H3. The van der Waals surface area contributed by atoms with E-state index < -0.39 is 0 Å². The number of ketones is 1. The smallest absolute Gasteiger partial charge is 0.203 e. The molecule has 2 heteroatoms. The van der Waals surface area contributed by atoms with Gasteiger partial charge in [-0.05, 0) is 12.1 Å². The normalized spacial score (nSPS) is 12.7. The lowest BCUT2D eigenvalue weighted by atomic mass is 10.2. The lowest BCUT2D eigenvalue weighted by Gasteiger charge is -1.92. The number of carbonyl (C=O) groups is 1. The predicted molar refractivity (Wildman–Crippen MR) is 47.6 cm³/mol. The van der Waals surface area contributed by atoms with E-state index in [1.54, 1.807) is 12.1 Å². The van der Waals surface area contributed by atoms with E-state index in [2.05, 4.69) is 0 Å². The number of fused-ring (bicyclic) bond motifs is 1. The van der Waals surface area contributed by atoms with Crippen molar-refractivity contribution >= 4 is 5.78 Å². The fraction of sp³-hybridized carbons (Fsp3) is 0.300. The summed E-state index contributed by atoms with van der Waals surface area (Å²) in [5.74, 6) is 0.795. The fourth-order valence-corrected chi connectivity index (χ4v) is 1.04. The minimum absolute atomic E-state index is 0.0793. The summed E-state index contributed by atoms with van der Waals surface area (Å²) < 4.78 is 5.06. The maximum atomic E-state index is 10.9. The molecule has 2 rings (SSSR count). The summed E-state index contributed by atoms with van der Waals surface area (Å²) in [6, 6.07) is 7.29. The third-order valence-corrected chi connectivity index (χ3v) is 1.55. The Kier molecular flexibility index (Phi) is 2.86. The number of carbonyl (C=O) groups excluding carboxylic acids is 1. The van der Waals surface area contributed by atoms with Crippen LogP contribution in [0.2, 0.25) is 0 Å². The number of para-hydroxylation sites is 1. The monoisotopic (exact) mass is 164 g/mol. The molecule has 0 N–H and O–H groups in total. The molecule has 0 fully saturated rings. The quantitative estimate of drug-likeness (QED) is 0.588. The van der Waals surface area contributed by atoms with Crippen molar-refractivity contribution in [3.05, 3.63) is 29.8 Å². The first-order chi connectivity index (χ1) is 5.88. The van der Waals surface area contributed by atoms with Crippen LogP contribution in [0.3, 0.4) is 0 Å². The molecule has 1 heterocycles. The summed E-state index contributed by atoms with van der Waals surface area (Å²) in [4.78, 5) is 10.9. The first-order valence-electron chi connectivity index (χ1n) is 4.13. The Balaban J connectivity index is 0.000000336. The molecule has 1 aromatic carbocycles. The van der Waals surface area contributed by atoms with Crippen molar-refractivity contribution in [1.82, 2.24) is 0 Å². The van der Waals surface area contributed by atoms with Gasteiger partial charge < -0.3 is 4.74 Å². The molecule has 1 aromatic rings. The Morgan fingerprint density at radius 3 is 2.58 bits per heavy atom. The highest BCUT2D eigenvalue weighted by Crippen LogP contribution is 2.23. The molecule has 2 nitrogen and oxygen atoms in total. The maximum absolute atomic E-state index is 10.9. The van der Waals surface area contributed by atoms with Gasteiger partial charge in [0.2, 0.25) is 5.78 Å². The van der Waals surface area contributed by atoms with Crippen LogP contribution in [-0.2, 0) is 0 Å². The van der Waals surface area contributed by atoms with Crippen LogP contribution < -0.4 is 4.74 Å². The molecule has 12 heavy (non-hydrogen) atoms. The molecule has 0 bridgehead atoms. The van der Waals surface area contributed by atoms with Crippen LogP contribution in [0.1, 0.15) is 24.2 Å². The van der Waals surface area contributed by atoms with Crippen molar-refractivity contribution in [3.8, 4) is 5.75 Å². The number of hydrogen-bond acceptors (Lipinski definition) is 2. The van der Waals surface area contributed by atoms with E-state index in [0.717, 1.165) is 0 Å². The number of Topliss-reactive ketones (excluding diaryl/α,β-unsaturated/α-hetero) is 1. The van der Waals surface area contributed by atoms with Crippen LogP contribution in [0.25, 0.3) is 0 Å². The second-order valence-corrected chi connectivity index (χ2v) is 2.21. The molecule has 1 aliphatic rings. The van der Waals surface area contributed by atoms with E-state index in [1.807, 2.05) is 26.0 Å². The van der Waals surface area contributed by atoms with Crippen molar-refractivity contribution in [1.29, 1.82) is 0 Å². The lowest BCUT2D eigenvalue weighted by molar-refractivity contribution is 0.0961. The van der Waals surface area contributed by atoms with Gasteiger partial charge in [0, 0.05) is 0 Å². The van der Waals surface area contributed by atoms with Crippen LogP contribution in [0.15, 0.2) is 24.3 Å². The van der Waals surface area contributed by atoms with Crippen LogP contribution in [-0.4, -0.2) is 12.4 Å². The first kappa shape index (κ1) is 8.78. The predicted octanol–water partition coefficient (Wildman–Crippen LogP) is 2.29. The zero-order valence-electron chi connectivity index (χ0n) is 7.33. The van der Waals surface area contributed by atoms with Gasteiger partial charge in [0.1, 0.15) is 5.75 Å². The largest absolute Gasteiger partial charge is 0.485 e. The lowest BCUT2D eigenvalue weighted by Crippen LogP contribution is -1.98. The highest BCUT2D eigenvalue weighted by molar-refractivity contribution is 6.02. The van der Waals surface area contributed by atoms with E-state index in [1.165, 1.54) is 0 Å². The summed E-state index contributed by atoms with van der Waals surface area (Å²) in [6.07, 6.45) is 0. The number of rotatable bonds is 0. The van der Waals surface area contributed by atoms with E-state index in [4.69, 9.17) is 4.74 Å². The third kappa shape index (κ3) is 1.47. The van der Waals surface area contributed by atoms with Crippen molar-refractivity contribution in [2.45, 2.75) is 13.8 Å². The molecular weight excluding hydrogens is 152 g/mol. The molecule has 64 valence electrons. The van der Waals surface area contributed by atoms with Crippen LogP contribution >= 0.6 is 0 Å². The molecule has 0 saturated heterocycles. The molecule has 0 aliphatic carbocycles. The topological polar surface area (TPSA) is 26.3 Å². The summed E-state index contributed by atoms with van der Waals surface area (Å²) in [5, 5.41) is 0. The van der Waals surface area contributed by atoms with Gasteiger partial charge >= 0.3 is 0 Å². The zero-order valence-corrected chi connectivity index (χ0v) is 7.33. The molecule has 0 spiro atoms. The van der Waals surface area contributed by atoms with Gasteiger partial charge in [-0.1, -0.05) is 26.0 Å². The molecule has 1 aliphatic heterocycles. The Labute approximate surface area is 72.2 Å². The second-order valence-electron chi connectivity index (χ2n) is 2.21. The number of benzene rings is 1. The van der Waals surface area contributed by atoms with Gasteiger partial charge in [-0.15, -0.1) is 0 Å². The van der Waals surface area contributed by atoms with Gasteiger partial charge in [0.15, 0.2) is 6.61 Å². The fourth-order valence-electron chi connectivity index (χ4n) is 1.04. The van der Waals surface area contributed by atoms with Gasteiger partial charge in [0.05, 0.1) is 5.56 Å². The van der Waals surface area contributed by atoms with Gasteiger partial charge in [-0.3, -0.25) is 4.79 Å². The minimum Gasteiger partial charge on any atom is -0.485 e. The number of ether oxygens (including phenoxy) is 1. The van der Waals surface area contributed by atoms with Gasteiger partial charge in [-0.25, -0.2) is 0 Å². The Morgan fingerprint density at radius 1 is 1.25 bits per heavy atom. The molecule has 0 unspecified atom stereocenters. The number of hydrogen-bond donors (Lipinski definition) is 0. The van der Waals surface area contributed by atoms with Gasteiger partial charge in [0.25, 0.3) is 0 Å².